The molecule has 0 bridgehead atoms. The Morgan fingerprint density at radius 3 is 2.70 bits per heavy atom. The van der Waals surface area contributed by atoms with E-state index in [0.29, 0.717) is 25.6 Å². The minimum atomic E-state index is -4.60. The third kappa shape index (κ3) is 6.18. The summed E-state index contributed by atoms with van der Waals surface area (Å²) in [7, 11) is 1.53. The summed E-state index contributed by atoms with van der Waals surface area (Å²) in [6, 6.07) is 1.24. The van der Waals surface area contributed by atoms with Gasteiger partial charge in [0.2, 0.25) is 5.91 Å². The van der Waals surface area contributed by atoms with Gasteiger partial charge in [0.25, 0.3) is 0 Å². The number of carbonyl (C=O) groups is 2. The highest BCUT2D eigenvalue weighted by atomic mass is 19.4. The number of nitrogens with one attached hydrogen (secondary N) is 2. The Bertz CT molecular complexity index is 965. The monoisotopic (exact) mass is 470 g/mol. The number of carbonyl (C=O) groups excluding carboxylic acids is 1. The number of ether oxygens (including phenoxy) is 1. The maximum atomic E-state index is 12.6. The van der Waals surface area contributed by atoms with Crippen LogP contribution in [-0.4, -0.2) is 68.0 Å². The van der Waals surface area contributed by atoms with Crippen molar-refractivity contribution in [3.63, 3.8) is 0 Å². The summed E-state index contributed by atoms with van der Waals surface area (Å²) in [5.74, 6) is -0.191. The van der Waals surface area contributed by atoms with Crippen LogP contribution in [0.15, 0.2) is 18.5 Å². The Morgan fingerprint density at radius 2 is 2.09 bits per heavy atom. The predicted octanol–water partition coefficient (Wildman–Crippen LogP) is 3.05. The Morgan fingerprint density at radius 1 is 1.33 bits per heavy atom. The van der Waals surface area contributed by atoms with Crippen LogP contribution in [0.4, 0.5) is 23.8 Å². The van der Waals surface area contributed by atoms with E-state index < -0.39 is 23.9 Å². The number of aromatic nitrogens is 4. The number of alkyl halides is 3. The van der Waals surface area contributed by atoms with E-state index in [1.807, 2.05) is 0 Å². The molecule has 3 N–H and O–H groups in total. The Kier molecular flexibility index (Phi) is 7.51. The van der Waals surface area contributed by atoms with Crippen LogP contribution in [0.25, 0.3) is 0 Å². The second kappa shape index (κ2) is 10.1. The highest BCUT2D eigenvalue weighted by Crippen LogP contribution is 2.37. The molecule has 0 aliphatic heterocycles. The fraction of sp³-hybridized carbons (Fsp3) is 0.550. The number of aromatic amines is 1. The van der Waals surface area contributed by atoms with Gasteiger partial charge in [-0.1, -0.05) is 0 Å². The van der Waals surface area contributed by atoms with E-state index in [9.17, 15) is 27.9 Å². The lowest BCUT2D eigenvalue weighted by atomic mass is 10.0. The molecular weight excluding hydrogens is 445 g/mol. The highest BCUT2D eigenvalue weighted by Gasteiger charge is 2.36. The molecule has 33 heavy (non-hydrogen) atoms. The molecule has 2 aromatic rings. The van der Waals surface area contributed by atoms with Crippen molar-refractivity contribution >= 4 is 17.8 Å². The second-order valence-corrected chi connectivity index (χ2v) is 7.98. The maximum absolute atomic E-state index is 12.6. The van der Waals surface area contributed by atoms with Gasteiger partial charge in [-0.05, 0) is 26.2 Å². The third-order valence-electron chi connectivity index (χ3n) is 5.54. The number of amides is 2. The fourth-order valence-electron chi connectivity index (χ4n) is 4.07. The topological polar surface area (TPSA) is 133 Å². The first-order chi connectivity index (χ1) is 15.6. The van der Waals surface area contributed by atoms with E-state index in [0.717, 1.165) is 18.3 Å². The number of hydrogen-bond acceptors (Lipinski definition) is 6. The van der Waals surface area contributed by atoms with Crippen molar-refractivity contribution < 1.29 is 32.6 Å². The van der Waals surface area contributed by atoms with Crippen molar-refractivity contribution in [2.75, 3.05) is 19.0 Å². The number of anilines is 1. The van der Waals surface area contributed by atoms with E-state index >= 15 is 0 Å². The molecule has 180 valence electrons. The van der Waals surface area contributed by atoms with Crippen molar-refractivity contribution in [1.82, 2.24) is 25.1 Å². The average molecular weight is 470 g/mol. The van der Waals surface area contributed by atoms with E-state index in [1.165, 1.54) is 12.0 Å². The lowest BCUT2D eigenvalue weighted by molar-refractivity contribution is -0.141. The van der Waals surface area contributed by atoms with Crippen molar-refractivity contribution in [3.05, 3.63) is 35.5 Å². The van der Waals surface area contributed by atoms with Crippen LogP contribution in [0, 0.1) is 0 Å². The van der Waals surface area contributed by atoms with Crippen LogP contribution in [0.1, 0.15) is 49.2 Å². The molecule has 1 fully saturated rings. The minimum absolute atomic E-state index is 0.0468. The van der Waals surface area contributed by atoms with Crippen LogP contribution in [0.3, 0.4) is 0 Å². The van der Waals surface area contributed by atoms with E-state index in [1.54, 1.807) is 13.0 Å². The zero-order valence-electron chi connectivity index (χ0n) is 18.1. The molecule has 0 spiro atoms. The minimum Gasteiger partial charge on any atom is -0.465 e. The molecule has 1 saturated carbocycles. The number of H-pyrrole nitrogens is 1. The molecule has 0 radical (unpaired) electrons. The molecule has 1 aliphatic carbocycles. The summed E-state index contributed by atoms with van der Waals surface area (Å²) in [4.78, 5) is 32.3. The molecule has 1 aliphatic rings. The van der Waals surface area contributed by atoms with Gasteiger partial charge >= 0.3 is 12.3 Å². The van der Waals surface area contributed by atoms with Gasteiger partial charge in [-0.25, -0.2) is 9.78 Å². The first-order valence-corrected chi connectivity index (χ1v) is 10.3. The summed E-state index contributed by atoms with van der Waals surface area (Å²) < 4.78 is 42.7. The largest absolute Gasteiger partial charge is 0.465 e. The van der Waals surface area contributed by atoms with Crippen LogP contribution in [0.2, 0.25) is 0 Å². The third-order valence-corrected chi connectivity index (χ3v) is 5.54. The molecule has 3 atom stereocenters. The molecular formula is C20H25F3N6O4. The average Bonchev–Trinajstić information content (AvgIpc) is 3.37. The number of nitrogens with zero attached hydrogens (tertiary/aromatic N) is 4. The normalized spacial score (nSPS) is 19.3. The summed E-state index contributed by atoms with van der Waals surface area (Å²) in [6.07, 6.45) is -2.30. The number of hydrogen-bond donors (Lipinski definition) is 3. The predicted molar refractivity (Wildman–Crippen MR) is 110 cm³/mol. The standard InChI is InChI=1S/C20H25F3N6O4/c1-11(10-33-2)29(19(31)32)14-4-3-12(5-14)15-7-17(28-27-15)26-18(30)6-13-8-25-16(9-24-13)20(21,22)23/h7-9,11-12,14H,3-6,10H2,1-2H3,(H,31,32)(H2,26,27,28,30)/t11-,12?,14?/m0/s1. The van der Waals surface area contributed by atoms with Gasteiger partial charge in [-0.15, -0.1) is 0 Å². The maximum Gasteiger partial charge on any atom is 0.434 e. The lowest BCUT2D eigenvalue weighted by Crippen LogP contribution is -2.46. The molecule has 2 heterocycles. The van der Waals surface area contributed by atoms with Crippen molar-refractivity contribution in [2.24, 2.45) is 0 Å². The fourth-order valence-corrected chi connectivity index (χ4v) is 4.07. The second-order valence-electron chi connectivity index (χ2n) is 7.98. The molecule has 2 amide bonds. The zero-order chi connectivity index (χ0) is 24.2. The van der Waals surface area contributed by atoms with Gasteiger partial charge < -0.3 is 20.1 Å². The van der Waals surface area contributed by atoms with Gasteiger partial charge in [-0.3, -0.25) is 14.9 Å². The molecule has 0 aromatic carbocycles. The highest BCUT2D eigenvalue weighted by molar-refractivity contribution is 5.91. The quantitative estimate of drug-likeness (QED) is 0.540. The van der Waals surface area contributed by atoms with Crippen LogP contribution >= 0.6 is 0 Å². The van der Waals surface area contributed by atoms with Crippen molar-refractivity contribution in [3.8, 4) is 0 Å². The van der Waals surface area contributed by atoms with Crippen molar-refractivity contribution in [2.45, 2.75) is 56.8 Å². The summed E-state index contributed by atoms with van der Waals surface area (Å²) in [6.45, 7) is 2.10. The zero-order valence-corrected chi connectivity index (χ0v) is 18.1. The number of carboxylic acid groups (broad SMARTS) is 1. The Hall–Kier alpha value is -3.22. The van der Waals surface area contributed by atoms with Crippen molar-refractivity contribution in [1.29, 1.82) is 0 Å². The Balaban J connectivity index is 1.56. The van der Waals surface area contributed by atoms with Crippen LogP contribution in [-0.2, 0) is 22.1 Å². The van der Waals surface area contributed by atoms with Gasteiger partial charge in [0.15, 0.2) is 11.5 Å². The van der Waals surface area contributed by atoms with E-state index in [2.05, 4.69) is 25.5 Å². The molecule has 0 saturated heterocycles. The van der Waals surface area contributed by atoms with Gasteiger partial charge in [-0.2, -0.15) is 18.3 Å². The van der Waals surface area contributed by atoms with Gasteiger partial charge in [0.05, 0.1) is 31.0 Å². The Labute approximate surface area is 187 Å². The lowest BCUT2D eigenvalue weighted by Gasteiger charge is -2.31. The first-order valence-electron chi connectivity index (χ1n) is 10.3. The SMILES string of the molecule is COC[C@H](C)N(C(=O)O)C1CCC(c2cc(NC(=O)Cc3cnc(C(F)(F)F)cn3)n[nH]2)C1. The van der Waals surface area contributed by atoms with Gasteiger partial charge in [0.1, 0.15) is 0 Å². The number of halogens is 3. The summed E-state index contributed by atoms with van der Waals surface area (Å²) in [5, 5.41) is 19.1. The van der Waals surface area contributed by atoms with Gasteiger partial charge in [0, 0.05) is 37.0 Å². The first kappa shape index (κ1) is 24.4. The van der Waals surface area contributed by atoms with Crippen LogP contribution in [0.5, 0.6) is 0 Å². The molecule has 3 rings (SSSR count). The number of methoxy groups -OCH3 is 1. The van der Waals surface area contributed by atoms with Crippen LogP contribution < -0.4 is 5.32 Å². The molecule has 2 aromatic heterocycles. The summed E-state index contributed by atoms with van der Waals surface area (Å²) >= 11 is 0. The molecule has 2 unspecified atom stereocenters. The number of rotatable bonds is 8. The smallest absolute Gasteiger partial charge is 0.434 e. The van der Waals surface area contributed by atoms with E-state index in [4.69, 9.17) is 4.74 Å². The van der Waals surface area contributed by atoms with E-state index in [-0.39, 0.29) is 35.9 Å². The summed E-state index contributed by atoms with van der Waals surface area (Å²) in [5.41, 5.74) is -0.266. The molecule has 13 heteroatoms. The molecule has 10 nitrogen and oxygen atoms in total.